The second-order valence-corrected chi connectivity index (χ2v) is 8.20. The molecule has 2 heterocycles. The highest BCUT2D eigenvalue weighted by molar-refractivity contribution is 7.99. The van der Waals surface area contributed by atoms with E-state index in [-0.39, 0.29) is 17.6 Å². The van der Waals surface area contributed by atoms with E-state index in [0.717, 1.165) is 21.8 Å². The molecule has 1 aromatic carbocycles. The standard InChI is InChI=1S/C20H23N3O4S2/c1-4-27-19(25)18-13(2)11-17(29-18)22-16(24)12-28-20-21-14-7-5-6-8-15(14)23(20)9-10-26-3/h5-8,11H,4,9-10,12H2,1-3H3,(H,22,24). The SMILES string of the molecule is CCOC(=O)c1sc(NC(=O)CSc2nc3ccccc3n2CCOC)cc1C. The summed E-state index contributed by atoms with van der Waals surface area (Å²) in [6.07, 6.45) is 0. The minimum Gasteiger partial charge on any atom is -0.462 e. The first-order valence-corrected chi connectivity index (χ1v) is 11.0. The third-order valence-electron chi connectivity index (χ3n) is 4.11. The number of esters is 1. The second-order valence-electron chi connectivity index (χ2n) is 6.21. The van der Waals surface area contributed by atoms with E-state index < -0.39 is 0 Å². The minimum atomic E-state index is -0.364. The van der Waals surface area contributed by atoms with Gasteiger partial charge in [0.2, 0.25) is 5.91 Å². The van der Waals surface area contributed by atoms with E-state index >= 15 is 0 Å². The van der Waals surface area contributed by atoms with Crippen LogP contribution in [0.15, 0.2) is 35.5 Å². The van der Waals surface area contributed by atoms with Crippen molar-refractivity contribution in [3.05, 3.63) is 40.8 Å². The number of carbonyl (C=O) groups is 2. The highest BCUT2D eigenvalue weighted by Crippen LogP contribution is 2.28. The number of thiophene rings is 1. The zero-order chi connectivity index (χ0) is 20.8. The molecule has 0 bridgehead atoms. The molecule has 0 fully saturated rings. The molecule has 0 spiro atoms. The lowest BCUT2D eigenvalue weighted by Crippen LogP contribution is -2.14. The maximum absolute atomic E-state index is 12.4. The number of methoxy groups -OCH3 is 1. The van der Waals surface area contributed by atoms with Gasteiger partial charge in [-0.25, -0.2) is 9.78 Å². The maximum Gasteiger partial charge on any atom is 0.348 e. The predicted molar refractivity (Wildman–Crippen MR) is 116 cm³/mol. The summed E-state index contributed by atoms with van der Waals surface area (Å²) in [5, 5.41) is 4.26. The number of aromatic nitrogens is 2. The lowest BCUT2D eigenvalue weighted by atomic mass is 10.3. The lowest BCUT2D eigenvalue weighted by Gasteiger charge is -2.08. The zero-order valence-corrected chi connectivity index (χ0v) is 18.2. The second kappa shape index (κ2) is 9.91. The van der Waals surface area contributed by atoms with E-state index in [1.807, 2.05) is 31.2 Å². The Balaban J connectivity index is 1.67. The maximum atomic E-state index is 12.4. The number of para-hydroxylation sites is 2. The molecular formula is C20H23N3O4S2. The first-order chi connectivity index (χ1) is 14.0. The number of rotatable bonds is 9. The van der Waals surface area contributed by atoms with Crippen LogP contribution in [0, 0.1) is 6.92 Å². The summed E-state index contributed by atoms with van der Waals surface area (Å²) in [5.74, 6) is -0.309. The van der Waals surface area contributed by atoms with E-state index in [2.05, 4.69) is 14.9 Å². The van der Waals surface area contributed by atoms with Crippen LogP contribution in [0.4, 0.5) is 5.00 Å². The number of nitrogens with zero attached hydrogens (tertiary/aromatic N) is 2. The largest absolute Gasteiger partial charge is 0.462 e. The fourth-order valence-electron chi connectivity index (χ4n) is 2.81. The van der Waals surface area contributed by atoms with Gasteiger partial charge >= 0.3 is 5.97 Å². The van der Waals surface area contributed by atoms with E-state index in [4.69, 9.17) is 9.47 Å². The number of amides is 1. The van der Waals surface area contributed by atoms with Crippen LogP contribution in [-0.2, 0) is 20.8 Å². The zero-order valence-electron chi connectivity index (χ0n) is 16.6. The summed E-state index contributed by atoms with van der Waals surface area (Å²) in [7, 11) is 1.66. The monoisotopic (exact) mass is 433 g/mol. The van der Waals surface area contributed by atoms with Crippen LogP contribution in [-0.4, -0.2) is 47.5 Å². The molecule has 0 saturated carbocycles. The van der Waals surface area contributed by atoms with Gasteiger partial charge in [-0.2, -0.15) is 0 Å². The van der Waals surface area contributed by atoms with Gasteiger partial charge in [0.1, 0.15) is 4.88 Å². The van der Waals surface area contributed by atoms with Gasteiger partial charge in [-0.15, -0.1) is 11.3 Å². The van der Waals surface area contributed by atoms with Crippen molar-refractivity contribution in [2.75, 3.05) is 31.4 Å². The fraction of sp³-hybridized carbons (Fsp3) is 0.350. The van der Waals surface area contributed by atoms with Crippen molar-refractivity contribution in [3.8, 4) is 0 Å². The number of thioether (sulfide) groups is 1. The Morgan fingerprint density at radius 1 is 1.31 bits per heavy atom. The highest BCUT2D eigenvalue weighted by atomic mass is 32.2. The van der Waals surface area contributed by atoms with Gasteiger partial charge in [-0.1, -0.05) is 23.9 Å². The average Bonchev–Trinajstić information content (AvgIpc) is 3.24. The highest BCUT2D eigenvalue weighted by Gasteiger charge is 2.17. The molecule has 3 aromatic rings. The normalized spacial score (nSPS) is 11.0. The molecule has 0 saturated heterocycles. The quantitative estimate of drug-likeness (QED) is 0.406. The molecule has 0 unspecified atom stereocenters. The van der Waals surface area contributed by atoms with Crippen molar-refractivity contribution in [1.29, 1.82) is 0 Å². The third-order valence-corrected chi connectivity index (χ3v) is 6.22. The number of benzene rings is 1. The van der Waals surface area contributed by atoms with Crippen LogP contribution in [0.3, 0.4) is 0 Å². The predicted octanol–water partition coefficient (Wildman–Crippen LogP) is 3.96. The van der Waals surface area contributed by atoms with E-state index in [9.17, 15) is 9.59 Å². The van der Waals surface area contributed by atoms with E-state index in [1.165, 1.54) is 23.1 Å². The topological polar surface area (TPSA) is 82.5 Å². The van der Waals surface area contributed by atoms with Crippen LogP contribution >= 0.6 is 23.1 Å². The molecule has 154 valence electrons. The van der Waals surface area contributed by atoms with Crippen LogP contribution in [0.2, 0.25) is 0 Å². The number of fused-ring (bicyclic) bond motifs is 1. The van der Waals surface area contributed by atoms with Gasteiger partial charge in [-0.05, 0) is 37.6 Å². The molecule has 3 rings (SSSR count). The smallest absolute Gasteiger partial charge is 0.348 e. The minimum absolute atomic E-state index is 0.156. The molecule has 9 heteroatoms. The Hall–Kier alpha value is -2.36. The molecule has 0 atom stereocenters. The molecule has 0 radical (unpaired) electrons. The van der Waals surface area contributed by atoms with Gasteiger partial charge in [-0.3, -0.25) is 4.79 Å². The molecular weight excluding hydrogens is 410 g/mol. The first-order valence-electron chi connectivity index (χ1n) is 9.18. The third kappa shape index (κ3) is 5.17. The lowest BCUT2D eigenvalue weighted by molar-refractivity contribution is -0.113. The van der Waals surface area contributed by atoms with Gasteiger partial charge in [0.15, 0.2) is 5.16 Å². The summed E-state index contributed by atoms with van der Waals surface area (Å²) in [6, 6.07) is 9.65. The van der Waals surface area contributed by atoms with Crippen molar-refractivity contribution >= 4 is 51.0 Å². The number of hydrogen-bond donors (Lipinski definition) is 1. The number of hydrogen-bond acceptors (Lipinski definition) is 7. The summed E-state index contributed by atoms with van der Waals surface area (Å²) >= 11 is 2.60. The summed E-state index contributed by atoms with van der Waals surface area (Å²) in [4.78, 5) is 29.5. The summed E-state index contributed by atoms with van der Waals surface area (Å²) < 4.78 is 12.3. The Kier molecular flexibility index (Phi) is 7.29. The summed E-state index contributed by atoms with van der Waals surface area (Å²) in [5.41, 5.74) is 2.69. The Labute approximate surface area is 177 Å². The number of nitrogens with one attached hydrogen (secondary N) is 1. The molecule has 0 aliphatic carbocycles. The van der Waals surface area contributed by atoms with Crippen molar-refractivity contribution in [3.63, 3.8) is 0 Å². The van der Waals surface area contributed by atoms with Gasteiger partial charge < -0.3 is 19.4 Å². The average molecular weight is 434 g/mol. The van der Waals surface area contributed by atoms with Crippen molar-refractivity contribution in [2.45, 2.75) is 25.5 Å². The van der Waals surface area contributed by atoms with Crippen molar-refractivity contribution < 1.29 is 19.1 Å². The van der Waals surface area contributed by atoms with Crippen LogP contribution in [0.1, 0.15) is 22.2 Å². The summed E-state index contributed by atoms with van der Waals surface area (Å²) in [6.45, 7) is 5.13. The van der Waals surface area contributed by atoms with E-state index in [1.54, 1.807) is 20.1 Å². The van der Waals surface area contributed by atoms with Crippen molar-refractivity contribution in [2.24, 2.45) is 0 Å². The Bertz CT molecular complexity index is 1010. The number of anilines is 1. The van der Waals surface area contributed by atoms with Crippen LogP contribution in [0.25, 0.3) is 11.0 Å². The Morgan fingerprint density at radius 2 is 2.10 bits per heavy atom. The number of aryl methyl sites for hydroxylation is 1. The van der Waals surface area contributed by atoms with Crippen molar-refractivity contribution in [1.82, 2.24) is 9.55 Å². The fourth-order valence-corrected chi connectivity index (χ4v) is 4.63. The molecule has 7 nitrogen and oxygen atoms in total. The van der Waals surface area contributed by atoms with E-state index in [0.29, 0.717) is 29.6 Å². The molecule has 29 heavy (non-hydrogen) atoms. The molecule has 0 aliphatic rings. The first kappa shape index (κ1) is 21.4. The van der Waals surface area contributed by atoms with Gasteiger partial charge in [0, 0.05) is 13.7 Å². The number of ether oxygens (including phenoxy) is 2. The van der Waals surface area contributed by atoms with Crippen LogP contribution in [0.5, 0.6) is 0 Å². The van der Waals surface area contributed by atoms with Gasteiger partial charge in [0.25, 0.3) is 0 Å². The number of carbonyl (C=O) groups excluding carboxylic acids is 2. The van der Waals surface area contributed by atoms with Crippen LogP contribution < -0.4 is 5.32 Å². The Morgan fingerprint density at radius 3 is 2.86 bits per heavy atom. The molecule has 2 aromatic heterocycles. The molecule has 1 N–H and O–H groups in total. The molecule has 1 amide bonds. The molecule has 0 aliphatic heterocycles. The van der Waals surface area contributed by atoms with Gasteiger partial charge in [0.05, 0.1) is 35.0 Å². The number of imidazole rings is 1.